The number of benzene rings is 1. The number of anilines is 1. The van der Waals surface area contributed by atoms with Gasteiger partial charge in [-0.2, -0.15) is 0 Å². The van der Waals surface area contributed by atoms with Crippen LogP contribution in [-0.2, 0) is 9.59 Å². The highest BCUT2D eigenvalue weighted by molar-refractivity contribution is 6.00. The Morgan fingerprint density at radius 3 is 2.40 bits per heavy atom. The van der Waals surface area contributed by atoms with Crippen LogP contribution in [0.1, 0.15) is 45.1 Å². The Morgan fingerprint density at radius 2 is 1.88 bits per heavy atom. The molecule has 5 nitrogen and oxygen atoms in total. The van der Waals surface area contributed by atoms with Gasteiger partial charge in [-0.05, 0) is 44.7 Å². The van der Waals surface area contributed by atoms with Crippen molar-refractivity contribution in [3.05, 3.63) is 29.8 Å². The van der Waals surface area contributed by atoms with Gasteiger partial charge in [0.05, 0.1) is 5.41 Å². The molecule has 1 aliphatic heterocycles. The first-order valence-corrected chi connectivity index (χ1v) is 8.86. The number of nitrogens with zero attached hydrogens (tertiary/aromatic N) is 1. The van der Waals surface area contributed by atoms with Crippen LogP contribution in [0.3, 0.4) is 0 Å². The second kappa shape index (κ2) is 9.20. The molecule has 1 unspecified atom stereocenters. The Balaban J connectivity index is 0.00000312. The van der Waals surface area contributed by atoms with Crippen molar-refractivity contribution >= 4 is 29.9 Å². The fraction of sp³-hybridized carbons (Fsp3) is 0.579. The Morgan fingerprint density at radius 1 is 1.28 bits per heavy atom. The number of hydrogen-bond donors (Lipinski definition) is 2. The second-order valence-corrected chi connectivity index (χ2v) is 6.69. The molecule has 1 saturated heterocycles. The van der Waals surface area contributed by atoms with Gasteiger partial charge in [0.2, 0.25) is 11.8 Å². The van der Waals surface area contributed by atoms with Crippen LogP contribution in [-0.4, -0.2) is 30.9 Å². The van der Waals surface area contributed by atoms with Crippen molar-refractivity contribution in [1.29, 1.82) is 0 Å². The molecule has 0 aromatic heterocycles. The lowest BCUT2D eigenvalue weighted by atomic mass is 9.81. The van der Waals surface area contributed by atoms with Gasteiger partial charge >= 0.3 is 0 Å². The minimum Gasteiger partial charge on any atom is -0.344 e. The zero-order valence-electron chi connectivity index (χ0n) is 15.4. The zero-order valence-corrected chi connectivity index (χ0v) is 16.2. The van der Waals surface area contributed by atoms with Crippen LogP contribution < -0.4 is 16.0 Å². The van der Waals surface area contributed by atoms with Gasteiger partial charge in [-0.1, -0.05) is 31.5 Å². The average Bonchev–Trinajstić information content (AvgIpc) is 2.60. The number of nitrogens with one attached hydrogen (secondary N) is 1. The molecule has 6 heteroatoms. The maximum Gasteiger partial charge on any atom is 0.249 e. The van der Waals surface area contributed by atoms with Gasteiger partial charge in [0, 0.05) is 18.8 Å². The molecule has 0 radical (unpaired) electrons. The molecule has 1 heterocycles. The highest BCUT2D eigenvalue weighted by atomic mass is 35.5. The maximum atomic E-state index is 12.8. The molecule has 140 valence electrons. The number of piperidine rings is 1. The van der Waals surface area contributed by atoms with E-state index in [2.05, 4.69) is 5.32 Å². The Kier molecular flexibility index (Phi) is 7.90. The SMILES string of the molecule is CCC(CC)(CN)C(=O)NC1CCCN(c2ccc(C)cc2)C1=O.Cl. The first-order chi connectivity index (χ1) is 11.5. The van der Waals surface area contributed by atoms with Crippen molar-refractivity contribution in [1.82, 2.24) is 5.32 Å². The fourth-order valence-electron chi connectivity index (χ4n) is 3.25. The number of halogens is 1. The molecule has 25 heavy (non-hydrogen) atoms. The Hall–Kier alpha value is -1.59. The molecule has 0 spiro atoms. The molecular formula is C19H30ClN3O2. The number of nitrogens with two attached hydrogens (primary N) is 1. The van der Waals surface area contributed by atoms with Gasteiger partial charge in [-0.15, -0.1) is 12.4 Å². The highest BCUT2D eigenvalue weighted by Gasteiger charge is 2.38. The molecule has 2 amide bonds. The normalized spacial score (nSPS) is 17.8. The number of amides is 2. The minimum atomic E-state index is -0.577. The van der Waals surface area contributed by atoms with Crippen LogP contribution >= 0.6 is 12.4 Å². The predicted molar refractivity (Wildman–Crippen MR) is 104 cm³/mol. The molecule has 1 fully saturated rings. The van der Waals surface area contributed by atoms with E-state index < -0.39 is 11.5 Å². The number of carbonyl (C=O) groups excluding carboxylic acids is 2. The third-order valence-corrected chi connectivity index (χ3v) is 5.32. The summed E-state index contributed by atoms with van der Waals surface area (Å²) >= 11 is 0. The quantitative estimate of drug-likeness (QED) is 0.811. The minimum absolute atomic E-state index is 0. The Labute approximate surface area is 156 Å². The number of hydrogen-bond acceptors (Lipinski definition) is 3. The molecule has 0 aliphatic carbocycles. The summed E-state index contributed by atoms with van der Waals surface area (Å²) < 4.78 is 0. The van der Waals surface area contributed by atoms with Crippen molar-refractivity contribution in [3.63, 3.8) is 0 Å². The highest BCUT2D eigenvalue weighted by Crippen LogP contribution is 2.27. The van der Waals surface area contributed by atoms with E-state index in [-0.39, 0.29) is 24.2 Å². The first-order valence-electron chi connectivity index (χ1n) is 8.86. The summed E-state index contributed by atoms with van der Waals surface area (Å²) in [6, 6.07) is 7.45. The van der Waals surface area contributed by atoms with Crippen LogP contribution in [0, 0.1) is 12.3 Å². The van der Waals surface area contributed by atoms with Crippen molar-refractivity contribution in [2.24, 2.45) is 11.1 Å². The smallest absolute Gasteiger partial charge is 0.249 e. The van der Waals surface area contributed by atoms with E-state index >= 15 is 0 Å². The molecule has 0 saturated carbocycles. The maximum absolute atomic E-state index is 12.8. The summed E-state index contributed by atoms with van der Waals surface area (Å²) in [6.45, 7) is 6.95. The molecule has 0 bridgehead atoms. The first kappa shape index (κ1) is 21.5. The van der Waals surface area contributed by atoms with Crippen molar-refractivity contribution in [2.75, 3.05) is 18.0 Å². The van der Waals surface area contributed by atoms with E-state index in [1.54, 1.807) is 4.90 Å². The average molecular weight is 368 g/mol. The van der Waals surface area contributed by atoms with Gasteiger partial charge in [-0.25, -0.2) is 0 Å². The molecule has 1 aliphatic rings. The van der Waals surface area contributed by atoms with Gasteiger partial charge in [0.1, 0.15) is 6.04 Å². The summed E-state index contributed by atoms with van der Waals surface area (Å²) in [4.78, 5) is 27.3. The standard InChI is InChI=1S/C19H29N3O2.ClH/c1-4-19(5-2,13-20)18(24)21-16-7-6-12-22(17(16)23)15-10-8-14(3)9-11-15;/h8-11,16H,4-7,12-13,20H2,1-3H3,(H,21,24);1H. The lowest BCUT2D eigenvalue weighted by molar-refractivity contribution is -0.135. The summed E-state index contributed by atoms with van der Waals surface area (Å²) in [5.41, 5.74) is 7.32. The fourth-order valence-corrected chi connectivity index (χ4v) is 3.25. The van der Waals surface area contributed by atoms with Gasteiger partial charge in [0.25, 0.3) is 0 Å². The molecule has 1 atom stereocenters. The van der Waals surface area contributed by atoms with E-state index in [1.807, 2.05) is 45.0 Å². The zero-order chi connectivity index (χ0) is 17.7. The number of rotatable bonds is 6. The van der Waals surface area contributed by atoms with E-state index in [0.29, 0.717) is 32.4 Å². The number of carbonyl (C=O) groups is 2. The van der Waals surface area contributed by atoms with E-state index in [9.17, 15) is 9.59 Å². The molecule has 3 N–H and O–H groups in total. The lowest BCUT2D eigenvalue weighted by Gasteiger charge is -2.36. The van der Waals surface area contributed by atoms with E-state index in [4.69, 9.17) is 5.73 Å². The van der Waals surface area contributed by atoms with Crippen LogP contribution in [0.4, 0.5) is 5.69 Å². The molecule has 1 aromatic rings. The van der Waals surface area contributed by atoms with Crippen molar-refractivity contribution in [3.8, 4) is 0 Å². The predicted octanol–water partition coefficient (Wildman–Crippen LogP) is 2.79. The molecule has 2 rings (SSSR count). The topological polar surface area (TPSA) is 75.4 Å². The van der Waals surface area contributed by atoms with Gasteiger partial charge < -0.3 is 16.0 Å². The summed E-state index contributed by atoms with van der Waals surface area (Å²) in [5, 5.41) is 2.96. The monoisotopic (exact) mass is 367 g/mol. The third kappa shape index (κ3) is 4.53. The summed E-state index contributed by atoms with van der Waals surface area (Å²) in [7, 11) is 0. The second-order valence-electron chi connectivity index (χ2n) is 6.69. The number of aryl methyl sites for hydroxylation is 1. The van der Waals surface area contributed by atoms with Gasteiger partial charge in [-0.3, -0.25) is 9.59 Å². The third-order valence-electron chi connectivity index (χ3n) is 5.32. The van der Waals surface area contributed by atoms with Crippen LogP contribution in [0.15, 0.2) is 24.3 Å². The van der Waals surface area contributed by atoms with Crippen LogP contribution in [0.5, 0.6) is 0 Å². The summed E-state index contributed by atoms with van der Waals surface area (Å²) in [6.07, 6.45) is 2.91. The van der Waals surface area contributed by atoms with Crippen molar-refractivity contribution < 1.29 is 9.59 Å². The van der Waals surface area contributed by atoms with E-state index in [1.165, 1.54) is 0 Å². The Bertz CT molecular complexity index is 577. The molecular weight excluding hydrogens is 338 g/mol. The van der Waals surface area contributed by atoms with Crippen LogP contribution in [0.25, 0.3) is 0 Å². The van der Waals surface area contributed by atoms with Crippen molar-refractivity contribution in [2.45, 2.75) is 52.5 Å². The largest absolute Gasteiger partial charge is 0.344 e. The lowest BCUT2D eigenvalue weighted by Crippen LogP contribution is -2.56. The van der Waals surface area contributed by atoms with Gasteiger partial charge in [0.15, 0.2) is 0 Å². The molecule has 1 aromatic carbocycles. The van der Waals surface area contributed by atoms with Crippen LogP contribution in [0.2, 0.25) is 0 Å². The van der Waals surface area contributed by atoms with E-state index in [0.717, 1.165) is 17.7 Å². The summed E-state index contributed by atoms with van der Waals surface area (Å²) in [5.74, 6) is -0.129.